The minimum atomic E-state index is -3.31. The van der Waals surface area contributed by atoms with Crippen molar-refractivity contribution in [1.82, 2.24) is 5.32 Å². The van der Waals surface area contributed by atoms with E-state index < -0.39 is 10.0 Å². The van der Waals surface area contributed by atoms with Crippen molar-refractivity contribution in [3.8, 4) is 0 Å². The monoisotopic (exact) mass is 380 g/mol. The molecule has 134 valence electrons. The fourth-order valence-corrected chi connectivity index (χ4v) is 2.89. The molecular weight excluding hydrogens is 360 g/mol. The van der Waals surface area contributed by atoms with Crippen molar-refractivity contribution in [1.29, 1.82) is 0 Å². The largest absolute Gasteiger partial charge is 0.352 e. The van der Waals surface area contributed by atoms with Crippen molar-refractivity contribution in [3.63, 3.8) is 0 Å². The number of hydrogen-bond acceptors (Lipinski definition) is 3. The molecule has 0 aliphatic heterocycles. The van der Waals surface area contributed by atoms with Crippen LogP contribution in [0, 0.1) is 0 Å². The van der Waals surface area contributed by atoms with Crippen LogP contribution in [0.15, 0.2) is 48.5 Å². The van der Waals surface area contributed by atoms with Gasteiger partial charge in [-0.15, -0.1) is 0 Å². The van der Waals surface area contributed by atoms with Crippen LogP contribution in [0.4, 0.5) is 5.69 Å². The number of anilines is 1. The first-order chi connectivity index (χ1) is 11.8. The van der Waals surface area contributed by atoms with Crippen LogP contribution in [0.25, 0.3) is 0 Å². The van der Waals surface area contributed by atoms with E-state index in [4.69, 9.17) is 11.6 Å². The van der Waals surface area contributed by atoms with Crippen LogP contribution < -0.4 is 9.62 Å². The van der Waals surface area contributed by atoms with Gasteiger partial charge >= 0.3 is 0 Å². The molecule has 1 N–H and O–H groups in total. The fraction of sp³-hybridized carbons (Fsp3) is 0.278. The Bertz CT molecular complexity index is 818. The van der Waals surface area contributed by atoms with Gasteiger partial charge in [-0.25, -0.2) is 8.42 Å². The molecule has 2 aromatic carbocycles. The number of carbonyl (C=O) groups is 1. The summed E-state index contributed by atoms with van der Waals surface area (Å²) in [5.74, 6) is -0.176. The van der Waals surface area contributed by atoms with Gasteiger partial charge in [-0.3, -0.25) is 9.10 Å². The van der Waals surface area contributed by atoms with E-state index in [9.17, 15) is 13.2 Å². The molecule has 0 radical (unpaired) electrons. The molecule has 25 heavy (non-hydrogen) atoms. The highest BCUT2D eigenvalue weighted by atomic mass is 35.5. The van der Waals surface area contributed by atoms with Crippen LogP contribution in [0.5, 0.6) is 0 Å². The second kappa shape index (κ2) is 8.36. The van der Waals surface area contributed by atoms with Crippen molar-refractivity contribution < 1.29 is 13.2 Å². The second-order valence-corrected chi connectivity index (χ2v) is 8.21. The lowest BCUT2D eigenvalue weighted by Crippen LogP contribution is -2.26. The van der Waals surface area contributed by atoms with E-state index in [1.807, 2.05) is 24.3 Å². The lowest BCUT2D eigenvalue weighted by atomic mass is 10.1. The third-order valence-corrected chi connectivity index (χ3v) is 5.29. The normalized spacial score (nSPS) is 11.2. The molecule has 1 amide bonds. The van der Waals surface area contributed by atoms with Gasteiger partial charge in [-0.1, -0.05) is 23.7 Å². The molecule has 2 aromatic rings. The zero-order valence-electron chi connectivity index (χ0n) is 14.2. The lowest BCUT2D eigenvalue weighted by molar-refractivity contribution is 0.0953. The van der Waals surface area contributed by atoms with E-state index in [-0.39, 0.29) is 5.91 Å². The Morgan fingerprint density at radius 3 is 2.24 bits per heavy atom. The molecular formula is C18H21ClN2O3S. The Balaban J connectivity index is 1.83. The van der Waals surface area contributed by atoms with E-state index in [1.165, 1.54) is 16.9 Å². The van der Waals surface area contributed by atoms with Gasteiger partial charge < -0.3 is 5.32 Å². The van der Waals surface area contributed by atoms with Crippen LogP contribution in [0.1, 0.15) is 22.3 Å². The number of rotatable bonds is 7. The molecule has 0 unspecified atom stereocenters. The molecule has 0 atom stereocenters. The van der Waals surface area contributed by atoms with Crippen LogP contribution in [0.3, 0.4) is 0 Å². The smallest absolute Gasteiger partial charge is 0.251 e. The molecule has 0 bridgehead atoms. The molecule has 0 aliphatic carbocycles. The summed E-state index contributed by atoms with van der Waals surface area (Å²) in [5, 5.41) is 3.57. The SMILES string of the molecule is CN(c1ccc(C(=O)NCCCc2ccc(Cl)cc2)cc1)S(C)(=O)=O. The zero-order chi connectivity index (χ0) is 18.4. The summed E-state index contributed by atoms with van der Waals surface area (Å²) in [6.07, 6.45) is 2.81. The van der Waals surface area contributed by atoms with Gasteiger partial charge in [0.25, 0.3) is 5.91 Å². The van der Waals surface area contributed by atoms with Gasteiger partial charge in [-0.2, -0.15) is 0 Å². The van der Waals surface area contributed by atoms with E-state index >= 15 is 0 Å². The lowest BCUT2D eigenvalue weighted by Gasteiger charge is -2.16. The Hall–Kier alpha value is -2.05. The average Bonchev–Trinajstić information content (AvgIpc) is 2.58. The Morgan fingerprint density at radius 2 is 1.68 bits per heavy atom. The zero-order valence-corrected chi connectivity index (χ0v) is 15.8. The molecule has 0 saturated carbocycles. The number of nitrogens with one attached hydrogen (secondary N) is 1. The Kier molecular flexibility index (Phi) is 6.45. The molecule has 0 saturated heterocycles. The number of halogens is 1. The van der Waals surface area contributed by atoms with Gasteiger partial charge in [0.2, 0.25) is 10.0 Å². The highest BCUT2D eigenvalue weighted by Crippen LogP contribution is 2.16. The standard InChI is InChI=1S/C18H21ClN2O3S/c1-21(25(2,23)24)17-11-7-15(8-12-17)18(22)20-13-3-4-14-5-9-16(19)10-6-14/h5-12H,3-4,13H2,1-2H3,(H,20,22). The molecule has 7 heteroatoms. The maximum absolute atomic E-state index is 12.1. The third-order valence-electron chi connectivity index (χ3n) is 3.83. The third kappa shape index (κ3) is 5.76. The predicted octanol–water partition coefficient (Wildman–Crippen LogP) is 3.10. The summed E-state index contributed by atoms with van der Waals surface area (Å²) in [6.45, 7) is 0.562. The van der Waals surface area contributed by atoms with E-state index in [0.29, 0.717) is 22.8 Å². The van der Waals surface area contributed by atoms with Gasteiger partial charge in [0, 0.05) is 24.2 Å². The average molecular weight is 381 g/mol. The highest BCUT2D eigenvalue weighted by Gasteiger charge is 2.12. The number of nitrogens with zero attached hydrogens (tertiary/aromatic N) is 1. The van der Waals surface area contributed by atoms with Crippen molar-refractivity contribution >= 4 is 33.2 Å². The summed E-state index contributed by atoms with van der Waals surface area (Å²) < 4.78 is 24.2. The van der Waals surface area contributed by atoms with E-state index in [1.54, 1.807) is 24.3 Å². The van der Waals surface area contributed by atoms with Crippen molar-refractivity contribution in [2.45, 2.75) is 12.8 Å². The van der Waals surface area contributed by atoms with Gasteiger partial charge in [0.1, 0.15) is 0 Å². The molecule has 0 heterocycles. The molecule has 0 fully saturated rings. The first-order valence-electron chi connectivity index (χ1n) is 7.84. The quantitative estimate of drug-likeness (QED) is 0.750. The molecule has 5 nitrogen and oxygen atoms in total. The summed E-state index contributed by atoms with van der Waals surface area (Å²) in [6, 6.07) is 14.1. The van der Waals surface area contributed by atoms with Crippen LogP contribution >= 0.6 is 11.6 Å². The molecule has 2 rings (SSSR count). The van der Waals surface area contributed by atoms with Crippen LogP contribution in [0.2, 0.25) is 5.02 Å². The minimum Gasteiger partial charge on any atom is -0.352 e. The minimum absolute atomic E-state index is 0.176. The van der Waals surface area contributed by atoms with E-state index in [0.717, 1.165) is 19.1 Å². The number of hydrogen-bond donors (Lipinski definition) is 1. The summed E-state index contributed by atoms with van der Waals surface area (Å²) in [4.78, 5) is 12.1. The van der Waals surface area contributed by atoms with Gasteiger partial charge in [-0.05, 0) is 54.8 Å². The van der Waals surface area contributed by atoms with Crippen molar-refractivity contribution in [3.05, 3.63) is 64.7 Å². The Labute approximate surface area is 153 Å². The first-order valence-corrected chi connectivity index (χ1v) is 10.1. The maximum atomic E-state index is 12.1. The van der Waals surface area contributed by atoms with E-state index in [2.05, 4.69) is 5.32 Å². The number of aryl methyl sites for hydroxylation is 1. The topological polar surface area (TPSA) is 66.5 Å². The molecule has 0 aliphatic rings. The summed E-state index contributed by atoms with van der Waals surface area (Å²) in [5.41, 5.74) is 2.19. The van der Waals surface area contributed by atoms with Gasteiger partial charge in [0.05, 0.1) is 11.9 Å². The maximum Gasteiger partial charge on any atom is 0.251 e. The molecule has 0 aromatic heterocycles. The number of benzene rings is 2. The van der Waals surface area contributed by atoms with Crippen molar-refractivity contribution in [2.75, 3.05) is 24.2 Å². The summed E-state index contributed by atoms with van der Waals surface area (Å²) >= 11 is 5.84. The van der Waals surface area contributed by atoms with Gasteiger partial charge in [0.15, 0.2) is 0 Å². The van der Waals surface area contributed by atoms with Crippen molar-refractivity contribution in [2.24, 2.45) is 0 Å². The number of sulfonamides is 1. The number of amides is 1. The summed E-state index contributed by atoms with van der Waals surface area (Å²) in [7, 11) is -1.84. The second-order valence-electron chi connectivity index (χ2n) is 5.76. The van der Waals surface area contributed by atoms with Crippen LogP contribution in [-0.4, -0.2) is 34.2 Å². The van der Waals surface area contributed by atoms with Crippen LogP contribution in [-0.2, 0) is 16.4 Å². The highest BCUT2D eigenvalue weighted by molar-refractivity contribution is 7.92. The fourth-order valence-electron chi connectivity index (χ4n) is 2.26. The first kappa shape index (κ1) is 19.3. The number of carbonyl (C=O) groups excluding carboxylic acids is 1. The Morgan fingerprint density at radius 1 is 1.08 bits per heavy atom. The predicted molar refractivity (Wildman–Crippen MR) is 102 cm³/mol. The molecule has 0 spiro atoms.